The minimum Gasteiger partial charge on any atom is -0.313 e. The second-order valence-electron chi connectivity index (χ2n) is 4.30. The third-order valence-electron chi connectivity index (χ3n) is 3.32. The summed E-state index contributed by atoms with van der Waals surface area (Å²) < 4.78 is 38.9. The van der Waals surface area contributed by atoms with Gasteiger partial charge >= 0.3 is 6.18 Å². The highest BCUT2D eigenvalue weighted by Crippen LogP contribution is 2.37. The van der Waals surface area contributed by atoms with Gasteiger partial charge in [0, 0.05) is 18.4 Å². The summed E-state index contributed by atoms with van der Waals surface area (Å²) >= 11 is 0. The number of aromatic nitrogens is 1. The predicted octanol–water partition coefficient (Wildman–Crippen LogP) is 3.80. The molecule has 1 aromatic rings. The van der Waals surface area contributed by atoms with Gasteiger partial charge in [-0.1, -0.05) is 26.7 Å². The fourth-order valence-electron chi connectivity index (χ4n) is 2.32. The minimum absolute atomic E-state index is 0.167. The molecule has 1 atom stereocenters. The highest BCUT2D eigenvalue weighted by Gasteiger charge is 2.36. The molecule has 1 aromatic heterocycles. The number of nitrogens with one attached hydrogen (secondary N) is 1. The van der Waals surface area contributed by atoms with Crippen molar-refractivity contribution in [1.82, 2.24) is 10.3 Å². The lowest BCUT2D eigenvalue weighted by Crippen LogP contribution is -2.27. The van der Waals surface area contributed by atoms with E-state index in [1.807, 2.05) is 13.8 Å². The van der Waals surface area contributed by atoms with Gasteiger partial charge in [0.05, 0.1) is 5.56 Å². The topological polar surface area (TPSA) is 24.9 Å². The molecule has 1 unspecified atom stereocenters. The molecule has 0 fully saturated rings. The van der Waals surface area contributed by atoms with Gasteiger partial charge in [0.1, 0.15) is 0 Å². The smallest absolute Gasteiger partial charge is 0.313 e. The summed E-state index contributed by atoms with van der Waals surface area (Å²) in [6.07, 6.45) is -0.171. The molecule has 102 valence electrons. The van der Waals surface area contributed by atoms with Crippen LogP contribution in [0.4, 0.5) is 13.2 Å². The normalized spacial score (nSPS) is 13.9. The van der Waals surface area contributed by atoms with Crippen molar-refractivity contribution in [2.24, 2.45) is 5.92 Å². The van der Waals surface area contributed by atoms with Crippen molar-refractivity contribution in [2.45, 2.75) is 38.9 Å². The van der Waals surface area contributed by atoms with Gasteiger partial charge in [-0.2, -0.15) is 13.2 Å². The number of rotatable bonds is 5. The average Bonchev–Trinajstić information content (AvgIpc) is 2.34. The van der Waals surface area contributed by atoms with Gasteiger partial charge in [-0.25, -0.2) is 0 Å². The standard InChI is InChI=1S/C13H19F3N2/c1-4-9(5-2)12(17-3)10-8-18-7-6-11(10)13(14,15)16/h6-9,12,17H,4-5H2,1-3H3. The molecule has 0 aliphatic rings. The Kier molecular flexibility index (Phi) is 5.14. The zero-order valence-corrected chi connectivity index (χ0v) is 10.9. The Labute approximate surface area is 106 Å². The van der Waals surface area contributed by atoms with Gasteiger partial charge in [-0.3, -0.25) is 4.98 Å². The van der Waals surface area contributed by atoms with E-state index in [4.69, 9.17) is 0 Å². The Balaban J connectivity index is 3.21. The Morgan fingerprint density at radius 3 is 2.33 bits per heavy atom. The highest BCUT2D eigenvalue weighted by atomic mass is 19.4. The van der Waals surface area contributed by atoms with E-state index in [0.29, 0.717) is 0 Å². The van der Waals surface area contributed by atoms with E-state index in [1.165, 1.54) is 12.4 Å². The first-order chi connectivity index (χ1) is 8.45. The fraction of sp³-hybridized carbons (Fsp3) is 0.615. The molecule has 0 saturated carbocycles. The molecule has 0 bridgehead atoms. The van der Waals surface area contributed by atoms with Gasteiger partial charge in [-0.15, -0.1) is 0 Å². The van der Waals surface area contributed by atoms with Crippen LogP contribution in [0.3, 0.4) is 0 Å². The molecule has 18 heavy (non-hydrogen) atoms. The number of hydrogen-bond acceptors (Lipinski definition) is 2. The van der Waals surface area contributed by atoms with Crippen LogP contribution in [0, 0.1) is 5.92 Å². The van der Waals surface area contributed by atoms with Crippen LogP contribution in [0.1, 0.15) is 43.9 Å². The van der Waals surface area contributed by atoms with Gasteiger partial charge in [-0.05, 0) is 24.6 Å². The van der Waals surface area contributed by atoms with Crippen molar-refractivity contribution >= 4 is 0 Å². The van der Waals surface area contributed by atoms with E-state index in [0.717, 1.165) is 18.9 Å². The van der Waals surface area contributed by atoms with Gasteiger partial charge in [0.2, 0.25) is 0 Å². The van der Waals surface area contributed by atoms with Crippen molar-refractivity contribution in [1.29, 1.82) is 0 Å². The van der Waals surface area contributed by atoms with E-state index in [1.54, 1.807) is 7.05 Å². The van der Waals surface area contributed by atoms with Crippen LogP contribution in [0.15, 0.2) is 18.5 Å². The zero-order chi connectivity index (χ0) is 13.8. The lowest BCUT2D eigenvalue weighted by Gasteiger charge is -2.27. The molecule has 0 aliphatic carbocycles. The Morgan fingerprint density at radius 1 is 1.28 bits per heavy atom. The van der Waals surface area contributed by atoms with Crippen molar-refractivity contribution in [3.05, 3.63) is 29.6 Å². The van der Waals surface area contributed by atoms with Crippen LogP contribution in [0.2, 0.25) is 0 Å². The van der Waals surface area contributed by atoms with Crippen LogP contribution in [-0.4, -0.2) is 12.0 Å². The number of hydrogen-bond donors (Lipinski definition) is 1. The SMILES string of the molecule is CCC(CC)C(NC)c1cnccc1C(F)(F)F. The van der Waals surface area contributed by atoms with Crippen LogP contribution < -0.4 is 5.32 Å². The molecule has 0 aliphatic heterocycles. The molecule has 0 aromatic carbocycles. The first kappa shape index (κ1) is 15.0. The molecular weight excluding hydrogens is 241 g/mol. The second-order valence-corrected chi connectivity index (χ2v) is 4.30. The first-order valence-corrected chi connectivity index (χ1v) is 6.14. The lowest BCUT2D eigenvalue weighted by molar-refractivity contribution is -0.138. The number of pyridine rings is 1. The first-order valence-electron chi connectivity index (χ1n) is 6.14. The van der Waals surface area contributed by atoms with Gasteiger partial charge < -0.3 is 5.32 Å². The molecule has 0 radical (unpaired) electrons. The number of alkyl halides is 3. The van der Waals surface area contributed by atoms with E-state index in [2.05, 4.69) is 10.3 Å². The van der Waals surface area contributed by atoms with Crippen LogP contribution in [0.25, 0.3) is 0 Å². The Hall–Kier alpha value is -1.10. The van der Waals surface area contributed by atoms with Crippen molar-refractivity contribution in [2.75, 3.05) is 7.05 Å². The summed E-state index contributed by atoms with van der Waals surface area (Å²) in [4.78, 5) is 3.84. The van der Waals surface area contributed by atoms with E-state index in [9.17, 15) is 13.2 Å². The van der Waals surface area contributed by atoms with Crippen molar-refractivity contribution in [3.8, 4) is 0 Å². The summed E-state index contributed by atoms with van der Waals surface area (Å²) in [5.74, 6) is 0.167. The summed E-state index contributed by atoms with van der Waals surface area (Å²) in [6.45, 7) is 3.98. The van der Waals surface area contributed by atoms with E-state index < -0.39 is 11.7 Å². The molecular formula is C13H19F3N2. The molecule has 1 N–H and O–H groups in total. The average molecular weight is 260 g/mol. The third kappa shape index (κ3) is 3.22. The van der Waals surface area contributed by atoms with Crippen LogP contribution >= 0.6 is 0 Å². The van der Waals surface area contributed by atoms with Crippen LogP contribution in [0.5, 0.6) is 0 Å². The fourth-order valence-corrected chi connectivity index (χ4v) is 2.32. The highest BCUT2D eigenvalue weighted by molar-refractivity contribution is 5.29. The summed E-state index contributed by atoms with van der Waals surface area (Å²) in [7, 11) is 1.69. The molecule has 0 saturated heterocycles. The minimum atomic E-state index is -4.33. The van der Waals surface area contributed by atoms with Crippen molar-refractivity contribution < 1.29 is 13.2 Å². The van der Waals surface area contributed by atoms with Gasteiger partial charge in [0.25, 0.3) is 0 Å². The summed E-state index contributed by atoms with van der Waals surface area (Å²) in [5, 5.41) is 2.99. The molecule has 0 amide bonds. The van der Waals surface area contributed by atoms with E-state index >= 15 is 0 Å². The second kappa shape index (κ2) is 6.18. The zero-order valence-electron chi connectivity index (χ0n) is 10.9. The van der Waals surface area contributed by atoms with E-state index in [-0.39, 0.29) is 17.5 Å². The van der Waals surface area contributed by atoms with Crippen LogP contribution in [-0.2, 0) is 6.18 Å². The lowest BCUT2D eigenvalue weighted by atomic mass is 9.87. The number of nitrogens with zero attached hydrogens (tertiary/aromatic N) is 1. The molecule has 0 spiro atoms. The van der Waals surface area contributed by atoms with Gasteiger partial charge in [0.15, 0.2) is 0 Å². The largest absolute Gasteiger partial charge is 0.416 e. The van der Waals surface area contributed by atoms with Crippen molar-refractivity contribution in [3.63, 3.8) is 0 Å². The Morgan fingerprint density at radius 2 is 1.89 bits per heavy atom. The maximum atomic E-state index is 13.0. The summed E-state index contributed by atoms with van der Waals surface area (Å²) in [6, 6.07) is 0.729. The Bertz CT molecular complexity index is 373. The monoisotopic (exact) mass is 260 g/mol. The predicted molar refractivity (Wildman–Crippen MR) is 65.1 cm³/mol. The molecule has 2 nitrogen and oxygen atoms in total. The maximum absolute atomic E-state index is 13.0. The maximum Gasteiger partial charge on any atom is 0.416 e. The molecule has 1 heterocycles. The molecule has 5 heteroatoms. The summed E-state index contributed by atoms with van der Waals surface area (Å²) in [5.41, 5.74) is -0.357. The molecule has 1 rings (SSSR count). The quantitative estimate of drug-likeness (QED) is 0.871. The third-order valence-corrected chi connectivity index (χ3v) is 3.32. The number of halogens is 3.